The summed E-state index contributed by atoms with van der Waals surface area (Å²) in [4.78, 5) is 0. The van der Waals surface area contributed by atoms with Crippen molar-refractivity contribution in [3.05, 3.63) is 0 Å². The summed E-state index contributed by atoms with van der Waals surface area (Å²) in [7, 11) is -0.445. The molecule has 0 aromatic rings. The summed E-state index contributed by atoms with van der Waals surface area (Å²) in [6.07, 6.45) is 0. The molecule has 1 fully saturated rings. The Balaban J connectivity index is 2.50. The highest BCUT2D eigenvalue weighted by Crippen LogP contribution is 1.98. The maximum atomic E-state index is 11.4. The second-order valence-electron chi connectivity index (χ2n) is 3.25. The van der Waals surface area contributed by atoms with Crippen molar-refractivity contribution in [1.29, 1.82) is 0 Å². The molecule has 0 unspecified atom stereocenters. The Hall–Kier alpha value is -0.210. The second-order valence-corrected chi connectivity index (χ2v) is 5.17. The molecule has 14 heavy (non-hydrogen) atoms. The fourth-order valence-electron chi connectivity index (χ4n) is 1.00. The van der Waals surface area contributed by atoms with Crippen LogP contribution in [0.4, 0.5) is 0 Å². The lowest BCUT2D eigenvalue weighted by molar-refractivity contribution is 0.103. The predicted octanol–water partition coefficient (Wildman–Crippen LogP) is -1.20. The van der Waals surface area contributed by atoms with Crippen LogP contribution in [0.5, 0.6) is 0 Å². The molecule has 0 atom stereocenters. The minimum absolute atomic E-state index is 0.301. The van der Waals surface area contributed by atoms with Gasteiger partial charge in [-0.15, -0.1) is 0 Å². The average Bonchev–Trinajstić information content (AvgIpc) is 2.32. The molecule has 0 spiro atoms. The van der Waals surface area contributed by atoms with E-state index in [-0.39, 0.29) is 6.04 Å². The number of rotatable bonds is 3. The third kappa shape index (κ3) is 3.50. The normalized spacial score (nSPS) is 21.1. The van der Waals surface area contributed by atoms with Crippen molar-refractivity contribution in [2.75, 3.05) is 40.5 Å². The third-order valence-electron chi connectivity index (χ3n) is 1.81. The largest absolute Gasteiger partial charge is 0.377 e. The first-order valence-corrected chi connectivity index (χ1v) is 5.81. The van der Waals surface area contributed by atoms with Crippen molar-refractivity contribution in [3.8, 4) is 0 Å². The van der Waals surface area contributed by atoms with Gasteiger partial charge in [-0.2, -0.15) is 17.4 Å². The quantitative estimate of drug-likeness (QED) is 0.653. The smallest absolute Gasteiger partial charge is 0.279 e. The molecule has 0 aromatic carbocycles. The molecule has 0 saturated carbocycles. The van der Waals surface area contributed by atoms with E-state index in [0.717, 1.165) is 4.31 Å². The molecular formula is C7H16N2O4S. The minimum atomic E-state index is -3.39. The molecule has 1 rings (SSSR count). The molecular weight excluding hydrogens is 208 g/mol. The summed E-state index contributed by atoms with van der Waals surface area (Å²) in [6.45, 7) is 1.74. The molecule has 1 N–H and O–H groups in total. The first-order valence-electron chi connectivity index (χ1n) is 4.37. The minimum Gasteiger partial charge on any atom is -0.377 e. The Kier molecular flexibility index (Phi) is 4.27. The van der Waals surface area contributed by atoms with E-state index in [1.54, 1.807) is 0 Å². The molecule has 6 nitrogen and oxygen atoms in total. The van der Waals surface area contributed by atoms with Crippen LogP contribution in [0.3, 0.4) is 0 Å². The van der Waals surface area contributed by atoms with Gasteiger partial charge >= 0.3 is 0 Å². The SMILES string of the molecule is CN(C)S(=O)(=O)NC1COCCOC1. The van der Waals surface area contributed by atoms with E-state index < -0.39 is 10.2 Å². The molecule has 1 heterocycles. The van der Waals surface area contributed by atoms with E-state index in [1.807, 2.05) is 0 Å². The topological polar surface area (TPSA) is 67.9 Å². The summed E-state index contributed by atoms with van der Waals surface area (Å²) < 4.78 is 36.8. The zero-order valence-electron chi connectivity index (χ0n) is 8.39. The summed E-state index contributed by atoms with van der Waals surface area (Å²) >= 11 is 0. The number of hydrogen-bond donors (Lipinski definition) is 1. The summed E-state index contributed by atoms with van der Waals surface area (Å²) in [6, 6.07) is -0.301. The van der Waals surface area contributed by atoms with Crippen molar-refractivity contribution in [3.63, 3.8) is 0 Å². The van der Waals surface area contributed by atoms with E-state index in [4.69, 9.17) is 9.47 Å². The van der Waals surface area contributed by atoms with Crippen LogP contribution in [-0.2, 0) is 19.7 Å². The Bertz CT molecular complexity index is 257. The standard InChI is InChI=1S/C7H16N2O4S/c1-9(2)14(10,11)8-7-5-12-3-4-13-6-7/h7-8H,3-6H2,1-2H3. The zero-order valence-corrected chi connectivity index (χ0v) is 9.21. The third-order valence-corrected chi connectivity index (χ3v) is 3.40. The lowest BCUT2D eigenvalue weighted by Crippen LogP contribution is -2.45. The summed E-state index contributed by atoms with van der Waals surface area (Å²) in [5, 5.41) is 0. The van der Waals surface area contributed by atoms with E-state index in [0.29, 0.717) is 26.4 Å². The molecule has 7 heteroatoms. The average molecular weight is 224 g/mol. The molecule has 0 radical (unpaired) electrons. The van der Waals surface area contributed by atoms with Gasteiger partial charge < -0.3 is 9.47 Å². The van der Waals surface area contributed by atoms with Gasteiger partial charge in [-0.25, -0.2) is 0 Å². The number of hydrogen-bond acceptors (Lipinski definition) is 4. The first kappa shape index (κ1) is 11.9. The lowest BCUT2D eigenvalue weighted by Gasteiger charge is -2.18. The number of nitrogens with one attached hydrogen (secondary N) is 1. The number of ether oxygens (including phenoxy) is 2. The van der Waals surface area contributed by atoms with Gasteiger partial charge in [0.1, 0.15) is 0 Å². The Morgan fingerprint density at radius 2 is 1.71 bits per heavy atom. The van der Waals surface area contributed by atoms with Crippen LogP contribution in [0.2, 0.25) is 0 Å². The fourth-order valence-corrected chi connectivity index (χ4v) is 1.77. The second kappa shape index (κ2) is 5.04. The highest BCUT2D eigenvalue weighted by atomic mass is 32.2. The predicted molar refractivity (Wildman–Crippen MR) is 51.2 cm³/mol. The van der Waals surface area contributed by atoms with Crippen LogP contribution < -0.4 is 4.72 Å². The van der Waals surface area contributed by atoms with Gasteiger partial charge in [-0.1, -0.05) is 0 Å². The van der Waals surface area contributed by atoms with E-state index in [9.17, 15) is 8.42 Å². The van der Waals surface area contributed by atoms with Crippen LogP contribution in [-0.4, -0.2) is 59.3 Å². The van der Waals surface area contributed by atoms with Crippen molar-refractivity contribution in [1.82, 2.24) is 9.03 Å². The fraction of sp³-hybridized carbons (Fsp3) is 1.00. The highest BCUT2D eigenvalue weighted by molar-refractivity contribution is 7.87. The van der Waals surface area contributed by atoms with Gasteiger partial charge in [0.25, 0.3) is 10.2 Å². The van der Waals surface area contributed by atoms with Crippen LogP contribution in [0.1, 0.15) is 0 Å². The maximum absolute atomic E-state index is 11.4. The van der Waals surface area contributed by atoms with Crippen LogP contribution in [0.25, 0.3) is 0 Å². The Morgan fingerprint density at radius 3 is 2.14 bits per heavy atom. The molecule has 0 bridgehead atoms. The van der Waals surface area contributed by atoms with E-state index >= 15 is 0 Å². The number of nitrogens with zero attached hydrogens (tertiary/aromatic N) is 1. The van der Waals surface area contributed by atoms with Gasteiger partial charge in [0.05, 0.1) is 32.5 Å². The van der Waals surface area contributed by atoms with Crippen LogP contribution >= 0.6 is 0 Å². The molecule has 0 aliphatic carbocycles. The maximum Gasteiger partial charge on any atom is 0.279 e. The lowest BCUT2D eigenvalue weighted by atomic mass is 10.4. The molecule has 1 aliphatic rings. The molecule has 1 aliphatic heterocycles. The molecule has 0 amide bonds. The summed E-state index contributed by atoms with van der Waals surface area (Å²) in [5.74, 6) is 0. The van der Waals surface area contributed by atoms with Crippen molar-refractivity contribution >= 4 is 10.2 Å². The monoisotopic (exact) mass is 224 g/mol. The van der Waals surface area contributed by atoms with E-state index in [1.165, 1.54) is 14.1 Å². The highest BCUT2D eigenvalue weighted by Gasteiger charge is 2.21. The van der Waals surface area contributed by atoms with Crippen LogP contribution in [0, 0.1) is 0 Å². The van der Waals surface area contributed by atoms with Gasteiger partial charge in [0.2, 0.25) is 0 Å². The van der Waals surface area contributed by atoms with Gasteiger partial charge in [-0.05, 0) is 0 Å². The summed E-state index contributed by atoms with van der Waals surface area (Å²) in [5.41, 5.74) is 0. The van der Waals surface area contributed by atoms with Gasteiger partial charge in [-0.3, -0.25) is 0 Å². The Morgan fingerprint density at radius 1 is 1.21 bits per heavy atom. The molecule has 84 valence electrons. The Labute approximate surface area is 84.4 Å². The molecule has 0 aromatic heterocycles. The van der Waals surface area contributed by atoms with Crippen molar-refractivity contribution in [2.45, 2.75) is 6.04 Å². The zero-order chi connectivity index (χ0) is 10.6. The van der Waals surface area contributed by atoms with E-state index in [2.05, 4.69) is 4.72 Å². The van der Waals surface area contributed by atoms with Crippen molar-refractivity contribution in [2.24, 2.45) is 0 Å². The van der Waals surface area contributed by atoms with Gasteiger partial charge in [0, 0.05) is 14.1 Å². The first-order chi connectivity index (χ1) is 6.52. The molecule has 1 saturated heterocycles. The van der Waals surface area contributed by atoms with Crippen molar-refractivity contribution < 1.29 is 17.9 Å². The van der Waals surface area contributed by atoms with Crippen LogP contribution in [0.15, 0.2) is 0 Å². The van der Waals surface area contributed by atoms with Gasteiger partial charge in [0.15, 0.2) is 0 Å².